The molecule has 0 aliphatic carbocycles. The molecule has 1 aromatic rings. The number of aliphatic imine (C=N–C) groups is 1. The summed E-state index contributed by atoms with van der Waals surface area (Å²) in [6, 6.07) is 9.08. The van der Waals surface area contributed by atoms with E-state index in [9.17, 15) is 0 Å². The first-order valence-corrected chi connectivity index (χ1v) is 9.05. The molecule has 1 heterocycles. The molecule has 0 aromatic heterocycles. The number of methoxy groups -OCH3 is 1. The number of likely N-dealkylation sites (tertiary alicyclic amines) is 1. The van der Waals surface area contributed by atoms with Gasteiger partial charge in [0.2, 0.25) is 0 Å². The predicted octanol–water partition coefficient (Wildman–Crippen LogP) is 2.37. The van der Waals surface area contributed by atoms with Crippen molar-refractivity contribution in [3.05, 3.63) is 35.4 Å². The molecule has 1 aliphatic heterocycles. The largest absolute Gasteiger partial charge is 0.383 e. The normalized spacial score (nSPS) is 17.0. The van der Waals surface area contributed by atoms with Crippen LogP contribution in [0.15, 0.2) is 29.3 Å². The van der Waals surface area contributed by atoms with Crippen molar-refractivity contribution in [1.82, 2.24) is 15.5 Å². The molecule has 1 unspecified atom stereocenters. The highest BCUT2D eigenvalue weighted by Gasteiger charge is 2.11. The molecule has 1 aliphatic rings. The summed E-state index contributed by atoms with van der Waals surface area (Å²) in [5, 5.41) is 6.63. The zero-order valence-electron chi connectivity index (χ0n) is 15.3. The number of hydrogen-bond acceptors (Lipinski definition) is 3. The maximum absolute atomic E-state index is 5.16. The Morgan fingerprint density at radius 3 is 2.50 bits per heavy atom. The highest BCUT2D eigenvalue weighted by atomic mass is 16.5. The Kier molecular flexibility index (Phi) is 8.05. The molecule has 0 radical (unpaired) electrons. The molecule has 1 atom stereocenters. The van der Waals surface area contributed by atoms with E-state index < -0.39 is 0 Å². The molecule has 134 valence electrons. The lowest BCUT2D eigenvalue weighted by Gasteiger charge is -2.17. The van der Waals surface area contributed by atoms with Gasteiger partial charge < -0.3 is 15.4 Å². The number of rotatable bonds is 8. The van der Waals surface area contributed by atoms with Crippen LogP contribution < -0.4 is 10.6 Å². The van der Waals surface area contributed by atoms with Crippen molar-refractivity contribution in [3.8, 4) is 0 Å². The molecule has 5 heteroatoms. The number of benzene rings is 1. The Morgan fingerprint density at radius 2 is 1.88 bits per heavy atom. The lowest BCUT2D eigenvalue weighted by molar-refractivity contribution is 0.179. The number of hydrogen-bond donors (Lipinski definition) is 2. The summed E-state index contributed by atoms with van der Waals surface area (Å²) in [5.41, 5.74) is 2.63. The monoisotopic (exact) mass is 332 g/mol. The van der Waals surface area contributed by atoms with Crippen LogP contribution in [-0.2, 0) is 17.8 Å². The molecule has 1 aromatic carbocycles. The number of ether oxygens (including phenoxy) is 1. The fourth-order valence-electron chi connectivity index (χ4n) is 2.96. The van der Waals surface area contributed by atoms with Crippen LogP contribution in [0.3, 0.4) is 0 Å². The first-order valence-electron chi connectivity index (χ1n) is 9.05. The molecular weight excluding hydrogens is 300 g/mol. The summed E-state index contributed by atoms with van der Waals surface area (Å²) >= 11 is 0. The van der Waals surface area contributed by atoms with Gasteiger partial charge in [0.15, 0.2) is 5.96 Å². The van der Waals surface area contributed by atoms with E-state index in [0.29, 0.717) is 13.2 Å². The van der Waals surface area contributed by atoms with E-state index >= 15 is 0 Å². The minimum absolute atomic E-state index is 0.232. The third-order valence-electron chi connectivity index (χ3n) is 4.19. The minimum atomic E-state index is 0.232. The lowest BCUT2D eigenvalue weighted by atomic mass is 10.1. The molecule has 0 bridgehead atoms. The molecule has 2 N–H and O–H groups in total. The van der Waals surface area contributed by atoms with Crippen molar-refractivity contribution in [2.24, 2.45) is 4.99 Å². The van der Waals surface area contributed by atoms with E-state index in [1.54, 1.807) is 7.11 Å². The van der Waals surface area contributed by atoms with Gasteiger partial charge in [-0.2, -0.15) is 0 Å². The molecule has 24 heavy (non-hydrogen) atoms. The van der Waals surface area contributed by atoms with E-state index in [1.807, 2.05) is 0 Å². The van der Waals surface area contributed by atoms with Gasteiger partial charge in [0.1, 0.15) is 0 Å². The Hall–Kier alpha value is -1.59. The van der Waals surface area contributed by atoms with E-state index in [0.717, 1.165) is 19.0 Å². The molecule has 1 fully saturated rings. The van der Waals surface area contributed by atoms with Crippen LogP contribution in [0.2, 0.25) is 0 Å². The maximum Gasteiger partial charge on any atom is 0.191 e. The summed E-state index contributed by atoms with van der Waals surface area (Å²) in [4.78, 5) is 7.19. The summed E-state index contributed by atoms with van der Waals surface area (Å²) in [5.74, 6) is 0.836. The van der Waals surface area contributed by atoms with Gasteiger partial charge in [0.25, 0.3) is 0 Å². The van der Waals surface area contributed by atoms with Crippen molar-refractivity contribution < 1.29 is 4.74 Å². The van der Waals surface area contributed by atoms with Crippen LogP contribution in [0.4, 0.5) is 0 Å². The zero-order valence-corrected chi connectivity index (χ0v) is 15.3. The van der Waals surface area contributed by atoms with Gasteiger partial charge in [-0.25, -0.2) is 4.99 Å². The maximum atomic E-state index is 5.16. The van der Waals surface area contributed by atoms with Crippen LogP contribution in [-0.4, -0.2) is 50.3 Å². The molecule has 0 amide bonds. The van der Waals surface area contributed by atoms with Crippen molar-refractivity contribution in [2.45, 2.75) is 45.8 Å². The third kappa shape index (κ3) is 6.49. The summed E-state index contributed by atoms with van der Waals surface area (Å²) in [6.45, 7) is 9.90. The predicted molar refractivity (Wildman–Crippen MR) is 100 cm³/mol. The Bertz CT molecular complexity index is 495. The van der Waals surface area contributed by atoms with Crippen LogP contribution in [0.25, 0.3) is 0 Å². The molecule has 1 saturated heterocycles. The second-order valence-electron chi connectivity index (χ2n) is 6.50. The van der Waals surface area contributed by atoms with Crippen LogP contribution in [0, 0.1) is 0 Å². The van der Waals surface area contributed by atoms with Crippen molar-refractivity contribution in [3.63, 3.8) is 0 Å². The highest BCUT2D eigenvalue weighted by molar-refractivity contribution is 5.80. The highest BCUT2D eigenvalue weighted by Crippen LogP contribution is 2.13. The average molecular weight is 332 g/mol. The topological polar surface area (TPSA) is 48.9 Å². The smallest absolute Gasteiger partial charge is 0.191 e. The van der Waals surface area contributed by atoms with Crippen molar-refractivity contribution in [2.75, 3.05) is 33.4 Å². The van der Waals surface area contributed by atoms with Gasteiger partial charge in [-0.05, 0) is 50.9 Å². The molecular formula is C19H32N4O. The van der Waals surface area contributed by atoms with Gasteiger partial charge in [-0.3, -0.25) is 4.90 Å². The fraction of sp³-hybridized carbons (Fsp3) is 0.632. The number of guanidine groups is 1. The second kappa shape index (κ2) is 10.3. The third-order valence-corrected chi connectivity index (χ3v) is 4.19. The Labute approximate surface area is 146 Å². The van der Waals surface area contributed by atoms with Crippen molar-refractivity contribution in [1.29, 1.82) is 0 Å². The summed E-state index contributed by atoms with van der Waals surface area (Å²) in [6.07, 6.45) is 2.68. The van der Waals surface area contributed by atoms with Gasteiger partial charge >= 0.3 is 0 Å². The van der Waals surface area contributed by atoms with Crippen LogP contribution in [0.5, 0.6) is 0 Å². The molecule has 0 saturated carbocycles. The van der Waals surface area contributed by atoms with Gasteiger partial charge in [-0.15, -0.1) is 0 Å². The van der Waals surface area contributed by atoms with E-state index in [2.05, 4.69) is 58.6 Å². The van der Waals surface area contributed by atoms with E-state index in [-0.39, 0.29) is 6.04 Å². The minimum Gasteiger partial charge on any atom is -0.383 e. The van der Waals surface area contributed by atoms with Crippen LogP contribution in [0.1, 0.15) is 37.8 Å². The zero-order chi connectivity index (χ0) is 17.2. The average Bonchev–Trinajstić information content (AvgIpc) is 3.07. The lowest BCUT2D eigenvalue weighted by Crippen LogP contribution is -2.43. The Balaban J connectivity index is 1.87. The molecule has 2 rings (SSSR count). The summed E-state index contributed by atoms with van der Waals surface area (Å²) < 4.78 is 5.16. The first kappa shape index (κ1) is 18.7. The van der Waals surface area contributed by atoms with E-state index in [4.69, 9.17) is 4.74 Å². The molecule has 0 spiro atoms. The van der Waals surface area contributed by atoms with Crippen LogP contribution >= 0.6 is 0 Å². The molecule has 5 nitrogen and oxygen atoms in total. The first-order chi connectivity index (χ1) is 11.7. The Morgan fingerprint density at radius 1 is 1.21 bits per heavy atom. The van der Waals surface area contributed by atoms with Gasteiger partial charge in [0, 0.05) is 26.2 Å². The van der Waals surface area contributed by atoms with Gasteiger partial charge in [-0.1, -0.05) is 24.3 Å². The quantitative estimate of drug-likeness (QED) is 0.567. The number of nitrogens with zero attached hydrogens (tertiary/aromatic N) is 2. The second-order valence-corrected chi connectivity index (χ2v) is 6.50. The van der Waals surface area contributed by atoms with Crippen molar-refractivity contribution >= 4 is 5.96 Å². The van der Waals surface area contributed by atoms with E-state index in [1.165, 1.54) is 37.1 Å². The number of nitrogens with one attached hydrogen (secondary N) is 2. The standard InChI is InChI=1S/C19H32N4O/c1-4-20-19(22-16(2)15-24-3)21-13-17-7-9-18(10-8-17)14-23-11-5-6-12-23/h7-10,16H,4-6,11-15H2,1-3H3,(H2,20,21,22). The fourth-order valence-corrected chi connectivity index (χ4v) is 2.96. The summed E-state index contributed by atoms with van der Waals surface area (Å²) in [7, 11) is 1.71. The van der Waals surface area contributed by atoms with Gasteiger partial charge in [0.05, 0.1) is 13.2 Å². The SMILES string of the molecule is CCNC(=NCc1ccc(CN2CCCC2)cc1)NC(C)COC.